The number of nitrogens with zero attached hydrogens (tertiary/aromatic N) is 5. The number of hydrogen-bond acceptors (Lipinski definition) is 5. The van der Waals surface area contributed by atoms with E-state index in [1.807, 2.05) is 59.6 Å². The number of morpholine rings is 1. The molecule has 5 aromatic rings. The van der Waals surface area contributed by atoms with Crippen LogP contribution in [0.25, 0.3) is 27.9 Å². The van der Waals surface area contributed by atoms with E-state index < -0.39 is 0 Å². The van der Waals surface area contributed by atoms with Crippen molar-refractivity contribution in [2.24, 2.45) is 0 Å². The Labute approximate surface area is 195 Å². The van der Waals surface area contributed by atoms with E-state index in [-0.39, 0.29) is 5.91 Å². The van der Waals surface area contributed by atoms with E-state index in [9.17, 15) is 4.79 Å². The highest BCUT2D eigenvalue weighted by atomic mass is 16.5. The van der Waals surface area contributed by atoms with E-state index in [0.29, 0.717) is 43.2 Å². The van der Waals surface area contributed by atoms with Crippen LogP contribution in [0.15, 0.2) is 67.1 Å². The van der Waals surface area contributed by atoms with Gasteiger partial charge in [0.2, 0.25) is 0 Å². The molecule has 166 valence electrons. The number of benzene rings is 1. The average Bonchev–Trinajstić information content (AvgIpc) is 3.55. The van der Waals surface area contributed by atoms with Gasteiger partial charge in [-0.2, -0.15) is 5.10 Å². The zero-order valence-electron chi connectivity index (χ0n) is 18.2. The minimum Gasteiger partial charge on any atom is -0.378 e. The van der Waals surface area contributed by atoms with E-state index in [0.717, 1.165) is 27.9 Å². The molecule has 5 heterocycles. The molecule has 1 fully saturated rings. The molecule has 8 heteroatoms. The first-order valence-electron chi connectivity index (χ1n) is 11.0. The maximum Gasteiger partial charge on any atom is 0.254 e. The molecule has 1 N–H and O–H groups in total. The van der Waals surface area contributed by atoms with Gasteiger partial charge in [-0.25, -0.2) is 14.5 Å². The number of amides is 1. The Hall–Kier alpha value is -4.48. The van der Waals surface area contributed by atoms with Crippen molar-refractivity contribution in [1.82, 2.24) is 29.5 Å². The van der Waals surface area contributed by atoms with E-state index in [2.05, 4.69) is 26.8 Å². The summed E-state index contributed by atoms with van der Waals surface area (Å²) in [7, 11) is 0. The van der Waals surface area contributed by atoms with Crippen LogP contribution >= 0.6 is 0 Å². The third-order valence-corrected chi connectivity index (χ3v) is 5.87. The number of aromatic amines is 1. The highest BCUT2D eigenvalue weighted by Crippen LogP contribution is 2.20. The van der Waals surface area contributed by atoms with Gasteiger partial charge in [-0.1, -0.05) is 18.1 Å². The molecule has 0 saturated carbocycles. The largest absolute Gasteiger partial charge is 0.378 e. The van der Waals surface area contributed by atoms with Gasteiger partial charge < -0.3 is 14.6 Å². The normalized spacial score (nSPS) is 13.7. The SMILES string of the molecule is O=C(c1ccc(-c2ccc3ncc(C#Cc4ccnc5[nH]ccc45)n3n2)cc1)N1CCOCC1. The average molecular weight is 448 g/mol. The molecule has 1 aromatic carbocycles. The van der Waals surface area contributed by atoms with Crippen molar-refractivity contribution < 1.29 is 9.53 Å². The van der Waals surface area contributed by atoms with E-state index in [1.54, 1.807) is 16.9 Å². The van der Waals surface area contributed by atoms with Crippen LogP contribution in [0.1, 0.15) is 21.6 Å². The van der Waals surface area contributed by atoms with Gasteiger partial charge in [0.1, 0.15) is 11.3 Å². The molecule has 34 heavy (non-hydrogen) atoms. The Balaban J connectivity index is 1.29. The lowest BCUT2D eigenvalue weighted by molar-refractivity contribution is 0.0303. The zero-order chi connectivity index (χ0) is 22.9. The number of carbonyl (C=O) groups is 1. The minimum absolute atomic E-state index is 0.0260. The monoisotopic (exact) mass is 448 g/mol. The fraction of sp³-hybridized carbons (Fsp3) is 0.154. The van der Waals surface area contributed by atoms with Crippen LogP contribution in [0.5, 0.6) is 0 Å². The minimum atomic E-state index is 0.0260. The fourth-order valence-corrected chi connectivity index (χ4v) is 4.05. The van der Waals surface area contributed by atoms with E-state index >= 15 is 0 Å². The first kappa shape index (κ1) is 20.1. The van der Waals surface area contributed by atoms with Crippen LogP contribution in [0.4, 0.5) is 0 Å². The topological polar surface area (TPSA) is 88.4 Å². The van der Waals surface area contributed by atoms with Gasteiger partial charge in [-0.3, -0.25) is 4.79 Å². The Morgan fingerprint density at radius 3 is 2.68 bits per heavy atom. The Kier molecular flexibility index (Phi) is 5.02. The van der Waals surface area contributed by atoms with Crippen molar-refractivity contribution >= 4 is 22.6 Å². The van der Waals surface area contributed by atoms with Gasteiger partial charge in [0.15, 0.2) is 5.65 Å². The van der Waals surface area contributed by atoms with Crippen molar-refractivity contribution in [2.75, 3.05) is 26.3 Å². The van der Waals surface area contributed by atoms with Crippen molar-refractivity contribution in [2.45, 2.75) is 0 Å². The molecule has 1 amide bonds. The number of ether oxygens (including phenoxy) is 1. The van der Waals surface area contributed by atoms with Crippen molar-refractivity contribution in [3.63, 3.8) is 0 Å². The van der Waals surface area contributed by atoms with Crippen LogP contribution in [0.2, 0.25) is 0 Å². The first-order chi connectivity index (χ1) is 16.8. The number of imidazole rings is 1. The molecule has 8 nitrogen and oxygen atoms in total. The van der Waals surface area contributed by atoms with Crippen LogP contribution in [0.3, 0.4) is 0 Å². The van der Waals surface area contributed by atoms with Crippen LogP contribution in [0, 0.1) is 11.8 Å². The Morgan fingerprint density at radius 1 is 0.971 bits per heavy atom. The molecule has 6 rings (SSSR count). The first-order valence-corrected chi connectivity index (χ1v) is 11.0. The summed E-state index contributed by atoms with van der Waals surface area (Å²) in [4.78, 5) is 26.4. The summed E-state index contributed by atoms with van der Waals surface area (Å²) < 4.78 is 7.08. The van der Waals surface area contributed by atoms with Crippen LogP contribution in [-0.2, 0) is 4.74 Å². The lowest BCUT2D eigenvalue weighted by Crippen LogP contribution is -2.40. The third-order valence-electron chi connectivity index (χ3n) is 5.87. The third kappa shape index (κ3) is 3.68. The second kappa shape index (κ2) is 8.46. The Morgan fingerprint density at radius 2 is 1.82 bits per heavy atom. The highest BCUT2D eigenvalue weighted by molar-refractivity contribution is 5.94. The molecular formula is C26H20N6O2. The molecule has 4 aromatic heterocycles. The highest BCUT2D eigenvalue weighted by Gasteiger charge is 2.18. The molecule has 0 radical (unpaired) electrons. The second-order valence-corrected chi connectivity index (χ2v) is 7.96. The quantitative estimate of drug-likeness (QED) is 0.419. The maximum absolute atomic E-state index is 12.7. The van der Waals surface area contributed by atoms with Gasteiger partial charge in [0.25, 0.3) is 5.91 Å². The van der Waals surface area contributed by atoms with Crippen molar-refractivity contribution in [3.8, 4) is 23.1 Å². The summed E-state index contributed by atoms with van der Waals surface area (Å²) in [5.41, 5.74) is 5.45. The predicted molar refractivity (Wildman–Crippen MR) is 127 cm³/mol. The van der Waals surface area contributed by atoms with E-state index in [1.165, 1.54) is 0 Å². The van der Waals surface area contributed by atoms with Crippen LogP contribution in [-0.4, -0.2) is 61.7 Å². The maximum atomic E-state index is 12.7. The molecule has 0 unspecified atom stereocenters. The number of carbonyl (C=O) groups excluding carboxylic acids is 1. The lowest BCUT2D eigenvalue weighted by Gasteiger charge is -2.26. The molecule has 0 atom stereocenters. The van der Waals surface area contributed by atoms with Crippen molar-refractivity contribution in [1.29, 1.82) is 0 Å². The van der Waals surface area contributed by atoms with Gasteiger partial charge in [0.05, 0.1) is 25.1 Å². The zero-order valence-corrected chi connectivity index (χ0v) is 18.2. The van der Waals surface area contributed by atoms with E-state index in [4.69, 9.17) is 9.84 Å². The van der Waals surface area contributed by atoms with Gasteiger partial charge in [-0.15, -0.1) is 0 Å². The molecular weight excluding hydrogens is 428 g/mol. The van der Waals surface area contributed by atoms with Crippen LogP contribution < -0.4 is 0 Å². The summed E-state index contributed by atoms with van der Waals surface area (Å²) in [6.07, 6.45) is 5.31. The van der Waals surface area contributed by atoms with Gasteiger partial charge in [-0.05, 0) is 42.3 Å². The molecule has 1 aliphatic heterocycles. The summed E-state index contributed by atoms with van der Waals surface area (Å²) >= 11 is 0. The number of aromatic nitrogens is 5. The smallest absolute Gasteiger partial charge is 0.254 e. The molecule has 0 spiro atoms. The summed E-state index contributed by atoms with van der Waals surface area (Å²) in [6, 6.07) is 15.2. The predicted octanol–water partition coefficient (Wildman–Crippen LogP) is 3.14. The summed E-state index contributed by atoms with van der Waals surface area (Å²) in [5.74, 6) is 6.43. The molecule has 1 saturated heterocycles. The number of fused-ring (bicyclic) bond motifs is 2. The van der Waals surface area contributed by atoms with Crippen molar-refractivity contribution in [3.05, 3.63) is 83.9 Å². The number of pyridine rings is 1. The standard InChI is InChI=1S/C26H20N6O2/c33-26(31-13-15-34-16-14-31)20-3-1-19(2-4-20)23-7-8-24-29-17-21(32(24)30-23)6-5-18-9-11-27-25-22(18)10-12-28-25/h1-4,7-12,17H,13-16H2,(H,27,28). The molecule has 0 bridgehead atoms. The lowest BCUT2D eigenvalue weighted by atomic mass is 10.1. The second-order valence-electron chi connectivity index (χ2n) is 7.96. The van der Waals surface area contributed by atoms with Gasteiger partial charge >= 0.3 is 0 Å². The number of hydrogen-bond donors (Lipinski definition) is 1. The fourth-order valence-electron chi connectivity index (χ4n) is 4.05. The summed E-state index contributed by atoms with van der Waals surface area (Å²) in [6.45, 7) is 2.42. The molecule has 1 aliphatic rings. The Bertz CT molecular complexity index is 1570. The molecule has 0 aliphatic carbocycles. The number of rotatable bonds is 2. The number of H-pyrrole nitrogens is 1. The number of nitrogens with one attached hydrogen (secondary N) is 1. The van der Waals surface area contributed by atoms with Gasteiger partial charge in [0, 0.05) is 47.6 Å². The summed E-state index contributed by atoms with van der Waals surface area (Å²) in [5, 5.41) is 5.73.